The summed E-state index contributed by atoms with van der Waals surface area (Å²) in [4.78, 5) is 0. The van der Waals surface area contributed by atoms with Crippen molar-refractivity contribution in [2.75, 3.05) is 18.9 Å². The summed E-state index contributed by atoms with van der Waals surface area (Å²) in [5.74, 6) is -0.473. The summed E-state index contributed by atoms with van der Waals surface area (Å²) in [6, 6.07) is 3.28. The molecule has 0 radical (unpaired) electrons. The quantitative estimate of drug-likeness (QED) is 0.918. The van der Waals surface area contributed by atoms with Gasteiger partial charge in [0.2, 0.25) is 0 Å². The zero-order valence-electron chi connectivity index (χ0n) is 10.7. The molecule has 0 unspecified atom stereocenters. The van der Waals surface area contributed by atoms with Crippen LogP contribution in [0, 0.1) is 11.6 Å². The predicted molar refractivity (Wildman–Crippen MR) is 69.1 cm³/mol. The molecule has 0 aliphatic carbocycles. The third kappa shape index (κ3) is 2.38. The van der Waals surface area contributed by atoms with E-state index in [4.69, 9.17) is 15.0 Å². The first-order valence-corrected chi connectivity index (χ1v) is 6.44. The molecule has 2 aromatic rings. The van der Waals surface area contributed by atoms with E-state index in [0.29, 0.717) is 30.1 Å². The molecular weight excluding hydrogens is 266 g/mol. The smallest absolute Gasteiger partial charge is 0.175 e. The molecule has 0 saturated carbocycles. The maximum atomic E-state index is 13.4. The molecule has 1 aliphatic rings. The van der Waals surface area contributed by atoms with E-state index in [1.165, 1.54) is 12.1 Å². The van der Waals surface area contributed by atoms with Gasteiger partial charge in [-0.2, -0.15) is 0 Å². The van der Waals surface area contributed by atoms with Crippen LogP contribution in [0.2, 0.25) is 0 Å². The Kier molecular flexibility index (Phi) is 3.40. The summed E-state index contributed by atoms with van der Waals surface area (Å²) < 4.78 is 37.3. The Hall–Kier alpha value is -1.95. The SMILES string of the molecule is Nc1noc(C2CCOCC2)c1-c1cc(F)cc(F)c1. The summed E-state index contributed by atoms with van der Waals surface area (Å²) >= 11 is 0. The number of hydrogen-bond donors (Lipinski definition) is 1. The van der Waals surface area contributed by atoms with Crippen molar-refractivity contribution < 1.29 is 18.0 Å². The van der Waals surface area contributed by atoms with Crippen molar-refractivity contribution in [2.24, 2.45) is 0 Å². The summed E-state index contributed by atoms with van der Waals surface area (Å²) in [6.45, 7) is 1.25. The third-order valence-electron chi connectivity index (χ3n) is 3.49. The van der Waals surface area contributed by atoms with E-state index < -0.39 is 11.6 Å². The van der Waals surface area contributed by atoms with Crippen LogP contribution < -0.4 is 5.73 Å². The van der Waals surface area contributed by atoms with Gasteiger partial charge in [-0.1, -0.05) is 5.16 Å². The number of benzene rings is 1. The van der Waals surface area contributed by atoms with Crippen LogP contribution in [0.4, 0.5) is 14.6 Å². The van der Waals surface area contributed by atoms with Crippen molar-refractivity contribution in [1.29, 1.82) is 0 Å². The molecule has 0 atom stereocenters. The number of anilines is 1. The topological polar surface area (TPSA) is 61.3 Å². The van der Waals surface area contributed by atoms with Gasteiger partial charge in [-0.05, 0) is 30.5 Å². The summed E-state index contributed by atoms with van der Waals surface area (Å²) in [5.41, 5.74) is 6.63. The van der Waals surface area contributed by atoms with E-state index in [-0.39, 0.29) is 11.7 Å². The number of nitrogens with zero attached hydrogens (tertiary/aromatic N) is 1. The number of nitrogen functional groups attached to an aromatic ring is 1. The zero-order chi connectivity index (χ0) is 14.1. The first kappa shape index (κ1) is 13.1. The van der Waals surface area contributed by atoms with Gasteiger partial charge in [0.1, 0.15) is 17.4 Å². The van der Waals surface area contributed by atoms with Crippen LogP contribution in [0.25, 0.3) is 11.1 Å². The Morgan fingerprint density at radius 3 is 2.40 bits per heavy atom. The predicted octanol–water partition coefficient (Wildman–Crippen LogP) is 3.10. The lowest BCUT2D eigenvalue weighted by atomic mass is 9.92. The molecule has 1 aliphatic heterocycles. The van der Waals surface area contributed by atoms with Crippen LogP contribution in [-0.2, 0) is 4.74 Å². The van der Waals surface area contributed by atoms with E-state index in [0.717, 1.165) is 18.9 Å². The number of aromatic nitrogens is 1. The molecule has 1 fully saturated rings. The number of hydrogen-bond acceptors (Lipinski definition) is 4. The van der Waals surface area contributed by atoms with E-state index in [2.05, 4.69) is 5.16 Å². The molecule has 0 bridgehead atoms. The molecule has 0 spiro atoms. The van der Waals surface area contributed by atoms with Crippen LogP contribution in [0.5, 0.6) is 0 Å². The van der Waals surface area contributed by atoms with Gasteiger partial charge in [0.05, 0.1) is 5.56 Å². The van der Waals surface area contributed by atoms with Crippen molar-refractivity contribution in [3.8, 4) is 11.1 Å². The average molecular weight is 280 g/mol. The normalized spacial score (nSPS) is 16.5. The second kappa shape index (κ2) is 5.20. The lowest BCUT2D eigenvalue weighted by Gasteiger charge is -2.20. The Morgan fingerprint density at radius 1 is 1.10 bits per heavy atom. The Labute approximate surface area is 114 Å². The van der Waals surface area contributed by atoms with Crippen LogP contribution in [-0.4, -0.2) is 18.4 Å². The summed E-state index contributed by atoms with van der Waals surface area (Å²) in [7, 11) is 0. The number of halogens is 2. The molecular formula is C14H14F2N2O2. The molecule has 1 aromatic heterocycles. The van der Waals surface area contributed by atoms with Gasteiger partial charge in [0.25, 0.3) is 0 Å². The van der Waals surface area contributed by atoms with Crippen LogP contribution in [0.1, 0.15) is 24.5 Å². The second-order valence-corrected chi connectivity index (χ2v) is 4.85. The molecule has 4 nitrogen and oxygen atoms in total. The summed E-state index contributed by atoms with van der Waals surface area (Å²) in [5, 5.41) is 3.74. The van der Waals surface area contributed by atoms with Crippen molar-refractivity contribution in [3.63, 3.8) is 0 Å². The van der Waals surface area contributed by atoms with Crippen molar-refractivity contribution in [2.45, 2.75) is 18.8 Å². The van der Waals surface area contributed by atoms with Gasteiger partial charge in [-0.3, -0.25) is 0 Å². The first-order valence-electron chi connectivity index (χ1n) is 6.44. The Balaban J connectivity index is 2.06. The van der Waals surface area contributed by atoms with Crippen LogP contribution in [0.15, 0.2) is 22.7 Å². The van der Waals surface area contributed by atoms with Gasteiger partial charge in [-0.25, -0.2) is 8.78 Å². The average Bonchev–Trinajstić information content (AvgIpc) is 2.80. The van der Waals surface area contributed by atoms with E-state index >= 15 is 0 Å². The largest absolute Gasteiger partial charge is 0.381 e. The van der Waals surface area contributed by atoms with Gasteiger partial charge >= 0.3 is 0 Å². The second-order valence-electron chi connectivity index (χ2n) is 4.85. The molecule has 1 saturated heterocycles. The van der Waals surface area contributed by atoms with Gasteiger partial charge < -0.3 is 15.0 Å². The standard InChI is InChI=1S/C14H14F2N2O2/c15-10-5-9(6-11(16)7-10)12-13(20-18-14(12)17)8-1-3-19-4-2-8/h5-8H,1-4H2,(H2,17,18). The molecule has 106 valence electrons. The highest BCUT2D eigenvalue weighted by molar-refractivity contribution is 5.76. The highest BCUT2D eigenvalue weighted by Gasteiger charge is 2.26. The number of rotatable bonds is 2. The van der Waals surface area contributed by atoms with Crippen LogP contribution in [0.3, 0.4) is 0 Å². The Morgan fingerprint density at radius 2 is 1.75 bits per heavy atom. The van der Waals surface area contributed by atoms with Crippen molar-refractivity contribution in [3.05, 3.63) is 35.6 Å². The lowest BCUT2D eigenvalue weighted by molar-refractivity contribution is 0.0792. The highest BCUT2D eigenvalue weighted by Crippen LogP contribution is 2.38. The molecule has 2 heterocycles. The Bertz CT molecular complexity index is 601. The molecule has 3 rings (SSSR count). The summed E-state index contributed by atoms with van der Waals surface area (Å²) in [6.07, 6.45) is 1.55. The van der Waals surface area contributed by atoms with Gasteiger partial charge in [0, 0.05) is 25.2 Å². The lowest BCUT2D eigenvalue weighted by Crippen LogP contribution is -2.14. The molecule has 20 heavy (non-hydrogen) atoms. The van der Waals surface area contributed by atoms with E-state index in [1.807, 2.05) is 0 Å². The van der Waals surface area contributed by atoms with E-state index in [9.17, 15) is 8.78 Å². The maximum absolute atomic E-state index is 13.4. The minimum Gasteiger partial charge on any atom is -0.381 e. The third-order valence-corrected chi connectivity index (χ3v) is 3.49. The monoisotopic (exact) mass is 280 g/mol. The fourth-order valence-electron chi connectivity index (χ4n) is 2.54. The fourth-order valence-corrected chi connectivity index (χ4v) is 2.54. The molecule has 1 aromatic carbocycles. The number of ether oxygens (including phenoxy) is 1. The minimum absolute atomic E-state index is 0.106. The van der Waals surface area contributed by atoms with Crippen molar-refractivity contribution in [1.82, 2.24) is 5.16 Å². The van der Waals surface area contributed by atoms with Gasteiger partial charge in [0.15, 0.2) is 5.82 Å². The molecule has 0 amide bonds. The highest BCUT2D eigenvalue weighted by atomic mass is 19.1. The fraction of sp³-hybridized carbons (Fsp3) is 0.357. The number of nitrogens with two attached hydrogens (primary N) is 1. The zero-order valence-corrected chi connectivity index (χ0v) is 10.7. The first-order chi connectivity index (χ1) is 9.65. The molecule has 6 heteroatoms. The molecule has 2 N–H and O–H groups in total. The van der Waals surface area contributed by atoms with Crippen LogP contribution >= 0.6 is 0 Å². The van der Waals surface area contributed by atoms with Gasteiger partial charge in [-0.15, -0.1) is 0 Å². The van der Waals surface area contributed by atoms with Crippen molar-refractivity contribution >= 4 is 5.82 Å². The minimum atomic E-state index is -0.654. The van der Waals surface area contributed by atoms with E-state index in [1.54, 1.807) is 0 Å². The maximum Gasteiger partial charge on any atom is 0.175 e.